The van der Waals surface area contributed by atoms with Gasteiger partial charge in [0.05, 0.1) is 26.2 Å². The van der Waals surface area contributed by atoms with Crippen LogP contribution in [0, 0.1) is 0 Å². The second-order valence-corrected chi connectivity index (χ2v) is 7.80. The van der Waals surface area contributed by atoms with Crippen LogP contribution in [-0.2, 0) is 4.79 Å². The molecule has 0 bridgehead atoms. The Morgan fingerprint density at radius 3 is 2.61 bits per heavy atom. The van der Waals surface area contributed by atoms with Crippen LogP contribution in [0.3, 0.4) is 0 Å². The molecule has 3 aromatic rings. The molecule has 0 fully saturated rings. The predicted octanol–water partition coefficient (Wildman–Crippen LogP) is 5.67. The van der Waals surface area contributed by atoms with Crippen molar-refractivity contribution in [3.05, 3.63) is 69.0 Å². The first-order valence-electron chi connectivity index (χ1n) is 8.35. The Hall–Kier alpha value is -2.54. The van der Waals surface area contributed by atoms with Crippen molar-refractivity contribution in [3.8, 4) is 0 Å². The summed E-state index contributed by atoms with van der Waals surface area (Å²) in [4.78, 5) is 21.4. The molecule has 0 atom stereocenters. The van der Waals surface area contributed by atoms with E-state index in [1.807, 2.05) is 43.5 Å². The van der Waals surface area contributed by atoms with Crippen molar-refractivity contribution in [1.82, 2.24) is 4.98 Å². The van der Waals surface area contributed by atoms with Gasteiger partial charge in [-0.3, -0.25) is 4.79 Å². The van der Waals surface area contributed by atoms with Crippen molar-refractivity contribution in [3.63, 3.8) is 0 Å². The molecule has 4 rings (SSSR count). The van der Waals surface area contributed by atoms with Crippen LogP contribution in [-0.4, -0.2) is 23.1 Å². The number of hydrogen-bond acceptors (Lipinski definition) is 5. The molecule has 140 valence electrons. The zero-order valence-electron chi connectivity index (χ0n) is 14.7. The summed E-state index contributed by atoms with van der Waals surface area (Å²) < 4.78 is 0. The predicted molar refractivity (Wildman–Crippen MR) is 119 cm³/mol. The molecule has 0 spiro atoms. The fourth-order valence-corrected chi connectivity index (χ4v) is 4.02. The molecule has 2 aromatic carbocycles. The van der Waals surface area contributed by atoms with Gasteiger partial charge in [0.25, 0.3) is 5.91 Å². The van der Waals surface area contributed by atoms with Gasteiger partial charge in [-0.25, -0.2) is 4.98 Å². The molecule has 2 heterocycles. The average Bonchev–Trinajstić information content (AvgIpc) is 3.03. The quantitative estimate of drug-likeness (QED) is 0.526. The molecule has 28 heavy (non-hydrogen) atoms. The molecule has 8 heteroatoms. The third-order valence-corrected chi connectivity index (χ3v) is 5.61. The number of para-hydroxylation sites is 1. The molecule has 0 unspecified atom stereocenters. The largest absolute Gasteiger partial charge is 0.373 e. The van der Waals surface area contributed by atoms with Crippen LogP contribution in [0.2, 0.25) is 10.0 Å². The number of amides is 1. The number of benzene rings is 2. The summed E-state index contributed by atoms with van der Waals surface area (Å²) in [6.45, 7) is 0. The van der Waals surface area contributed by atoms with Gasteiger partial charge in [0.1, 0.15) is 5.82 Å². The molecular formula is C20H14Cl2N4OS. The van der Waals surface area contributed by atoms with Crippen LogP contribution in [0.15, 0.2) is 58.4 Å². The maximum atomic E-state index is 12.3. The molecule has 5 nitrogen and oxygen atoms in total. The number of rotatable bonds is 3. The van der Waals surface area contributed by atoms with Crippen LogP contribution < -0.4 is 10.6 Å². The number of amidine groups is 1. The second kappa shape index (κ2) is 7.83. The van der Waals surface area contributed by atoms with Gasteiger partial charge in [0.15, 0.2) is 5.17 Å². The lowest BCUT2D eigenvalue weighted by molar-refractivity contribution is -0.113. The summed E-state index contributed by atoms with van der Waals surface area (Å²) in [5.41, 5.74) is 2.31. The van der Waals surface area contributed by atoms with Crippen molar-refractivity contribution < 1.29 is 4.79 Å². The van der Waals surface area contributed by atoms with E-state index in [-0.39, 0.29) is 5.91 Å². The number of thioether (sulfide) groups is 1. The number of pyridine rings is 1. The smallest absolute Gasteiger partial charge is 0.286 e. The third kappa shape index (κ3) is 3.85. The number of nitrogens with zero attached hydrogens (tertiary/aromatic N) is 2. The Labute approximate surface area is 175 Å². The maximum Gasteiger partial charge on any atom is 0.286 e. The van der Waals surface area contributed by atoms with Crippen molar-refractivity contribution in [2.45, 2.75) is 0 Å². The van der Waals surface area contributed by atoms with Gasteiger partial charge in [0, 0.05) is 12.4 Å². The number of fused-ring (bicyclic) bond motifs is 1. The lowest BCUT2D eigenvalue weighted by Crippen LogP contribution is -2.05. The Bertz CT molecular complexity index is 1140. The highest BCUT2D eigenvalue weighted by atomic mass is 35.5. The van der Waals surface area contributed by atoms with E-state index < -0.39 is 0 Å². The number of nitrogens with one attached hydrogen (secondary N) is 2. The van der Waals surface area contributed by atoms with E-state index in [9.17, 15) is 4.79 Å². The first kappa shape index (κ1) is 18.8. The normalized spacial score (nSPS) is 15.2. The average molecular weight is 429 g/mol. The number of carbonyl (C=O) groups is 1. The third-order valence-electron chi connectivity index (χ3n) is 4.08. The molecule has 0 aliphatic carbocycles. The summed E-state index contributed by atoms with van der Waals surface area (Å²) in [7, 11) is 1.83. The molecule has 1 amide bonds. The summed E-state index contributed by atoms with van der Waals surface area (Å²) in [6.07, 6.45) is 1.81. The van der Waals surface area contributed by atoms with Gasteiger partial charge in [-0.1, -0.05) is 35.3 Å². The maximum absolute atomic E-state index is 12.3. The topological polar surface area (TPSA) is 66.4 Å². The SMILES string of the molecule is CNc1ccc2cc(C=C3SC(Nc4c(Cl)cccc4Cl)=NC3=O)ccc2n1. The van der Waals surface area contributed by atoms with E-state index in [1.165, 1.54) is 11.8 Å². The Morgan fingerprint density at radius 2 is 1.86 bits per heavy atom. The van der Waals surface area contributed by atoms with Gasteiger partial charge in [0.2, 0.25) is 0 Å². The molecule has 1 aliphatic heterocycles. The molecule has 2 N–H and O–H groups in total. The van der Waals surface area contributed by atoms with Gasteiger partial charge in [-0.05, 0) is 59.8 Å². The molecule has 0 saturated heterocycles. The van der Waals surface area contributed by atoms with Crippen LogP contribution >= 0.6 is 35.0 Å². The second-order valence-electron chi connectivity index (χ2n) is 5.95. The zero-order valence-corrected chi connectivity index (χ0v) is 17.0. The van der Waals surface area contributed by atoms with E-state index >= 15 is 0 Å². The van der Waals surface area contributed by atoms with E-state index in [4.69, 9.17) is 23.2 Å². The summed E-state index contributed by atoms with van der Waals surface area (Å²) in [6, 6.07) is 14.9. The lowest BCUT2D eigenvalue weighted by Gasteiger charge is -2.08. The molecule has 1 aromatic heterocycles. The van der Waals surface area contributed by atoms with Crippen molar-refractivity contribution in [2.75, 3.05) is 17.7 Å². The standard InChI is InChI=1S/C20H14Cl2N4OS/c1-23-17-8-6-12-9-11(5-7-15(12)24-17)10-16-19(27)26-20(28-16)25-18-13(21)3-2-4-14(18)22/h2-10H,1H3,(H,23,24)(H,25,26,27). The monoisotopic (exact) mass is 428 g/mol. The van der Waals surface area contributed by atoms with Gasteiger partial charge in [-0.15, -0.1) is 0 Å². The fourth-order valence-electron chi connectivity index (χ4n) is 2.71. The molecular weight excluding hydrogens is 415 g/mol. The van der Waals surface area contributed by atoms with E-state index in [0.29, 0.717) is 25.8 Å². The van der Waals surface area contributed by atoms with Crippen LogP contribution in [0.4, 0.5) is 11.5 Å². The number of aromatic nitrogens is 1. The molecule has 0 saturated carbocycles. The molecule has 0 radical (unpaired) electrons. The van der Waals surface area contributed by atoms with Gasteiger partial charge >= 0.3 is 0 Å². The number of anilines is 2. The summed E-state index contributed by atoms with van der Waals surface area (Å²) in [5.74, 6) is 0.502. The fraction of sp³-hybridized carbons (Fsp3) is 0.0500. The molecule has 1 aliphatic rings. The Morgan fingerprint density at radius 1 is 1.07 bits per heavy atom. The van der Waals surface area contributed by atoms with Crippen molar-refractivity contribution in [1.29, 1.82) is 0 Å². The summed E-state index contributed by atoms with van der Waals surface area (Å²) >= 11 is 13.6. The first-order chi connectivity index (χ1) is 13.5. The number of hydrogen-bond donors (Lipinski definition) is 2. The van der Waals surface area contributed by atoms with E-state index in [2.05, 4.69) is 20.6 Å². The lowest BCUT2D eigenvalue weighted by atomic mass is 10.1. The Balaban J connectivity index is 1.56. The Kier molecular flexibility index (Phi) is 5.26. The first-order valence-corrected chi connectivity index (χ1v) is 9.93. The van der Waals surface area contributed by atoms with E-state index in [0.717, 1.165) is 22.3 Å². The van der Waals surface area contributed by atoms with Gasteiger partial charge in [-0.2, -0.15) is 4.99 Å². The number of carbonyl (C=O) groups excluding carboxylic acids is 1. The van der Waals surface area contributed by atoms with Crippen molar-refractivity contribution >= 4 is 74.5 Å². The number of halogens is 2. The van der Waals surface area contributed by atoms with Crippen LogP contribution in [0.1, 0.15) is 5.56 Å². The minimum atomic E-state index is -0.306. The highest BCUT2D eigenvalue weighted by Crippen LogP contribution is 2.34. The van der Waals surface area contributed by atoms with Crippen LogP contribution in [0.5, 0.6) is 0 Å². The van der Waals surface area contributed by atoms with Crippen molar-refractivity contribution in [2.24, 2.45) is 4.99 Å². The minimum absolute atomic E-state index is 0.306. The highest BCUT2D eigenvalue weighted by Gasteiger charge is 2.23. The zero-order chi connectivity index (χ0) is 19.7. The van der Waals surface area contributed by atoms with Gasteiger partial charge < -0.3 is 10.6 Å². The summed E-state index contributed by atoms with van der Waals surface area (Å²) in [5, 5.41) is 8.41. The van der Waals surface area contributed by atoms with E-state index in [1.54, 1.807) is 18.2 Å². The highest BCUT2D eigenvalue weighted by molar-refractivity contribution is 8.18. The minimum Gasteiger partial charge on any atom is -0.373 e. The number of aliphatic imine (C=N–C) groups is 1. The van der Waals surface area contributed by atoms with Crippen LogP contribution in [0.25, 0.3) is 17.0 Å².